The van der Waals surface area contributed by atoms with E-state index in [4.69, 9.17) is 0 Å². The van der Waals surface area contributed by atoms with Crippen molar-refractivity contribution < 1.29 is 0 Å². The number of nitrogens with one attached hydrogen (secondary N) is 1. The molecule has 2 nitrogen and oxygen atoms in total. The highest BCUT2D eigenvalue weighted by Crippen LogP contribution is 2.33. The first-order chi connectivity index (χ1) is 9.84. The van der Waals surface area contributed by atoms with E-state index in [9.17, 15) is 0 Å². The second kappa shape index (κ2) is 6.73. The summed E-state index contributed by atoms with van der Waals surface area (Å²) in [5.41, 5.74) is 1.53. The Morgan fingerprint density at radius 2 is 1.80 bits per heavy atom. The Balaban J connectivity index is 1.52. The normalized spacial score (nSPS) is 26.9. The van der Waals surface area contributed by atoms with Crippen LogP contribution in [0.4, 0.5) is 0 Å². The lowest BCUT2D eigenvalue weighted by molar-refractivity contribution is 0.284. The molecule has 2 aliphatic carbocycles. The highest BCUT2D eigenvalue weighted by atomic mass is 15.2. The minimum atomic E-state index is 0.679. The predicted octanol–water partition coefficient (Wildman–Crippen LogP) is 3.40. The zero-order valence-electron chi connectivity index (χ0n) is 12.7. The number of hydrogen-bond acceptors (Lipinski definition) is 2. The minimum Gasteiger partial charge on any atom is -0.312 e. The van der Waals surface area contributed by atoms with Gasteiger partial charge in [-0.2, -0.15) is 0 Å². The summed E-state index contributed by atoms with van der Waals surface area (Å²) in [6.07, 6.45) is 8.28. The highest BCUT2D eigenvalue weighted by Gasteiger charge is 2.28. The lowest BCUT2D eigenvalue weighted by Gasteiger charge is -2.33. The summed E-state index contributed by atoms with van der Waals surface area (Å²) in [7, 11) is 2.27. The Morgan fingerprint density at radius 1 is 1.05 bits per heavy atom. The van der Waals surface area contributed by atoms with Crippen LogP contribution in [0.5, 0.6) is 0 Å². The fourth-order valence-electron chi connectivity index (χ4n) is 3.60. The van der Waals surface area contributed by atoms with Crippen molar-refractivity contribution in [3.8, 4) is 0 Å². The predicted molar refractivity (Wildman–Crippen MR) is 85.1 cm³/mol. The quantitative estimate of drug-likeness (QED) is 0.854. The minimum absolute atomic E-state index is 0.679. The molecule has 1 aromatic rings. The van der Waals surface area contributed by atoms with Crippen molar-refractivity contribution in [3.05, 3.63) is 35.9 Å². The topological polar surface area (TPSA) is 15.3 Å². The van der Waals surface area contributed by atoms with Crippen LogP contribution in [0.3, 0.4) is 0 Å². The van der Waals surface area contributed by atoms with Crippen molar-refractivity contribution in [1.29, 1.82) is 0 Å². The van der Waals surface area contributed by atoms with Crippen LogP contribution in [0.1, 0.15) is 50.0 Å². The van der Waals surface area contributed by atoms with Crippen LogP contribution in [-0.4, -0.2) is 37.1 Å². The van der Waals surface area contributed by atoms with Crippen LogP contribution < -0.4 is 5.32 Å². The Bertz CT molecular complexity index is 399. The Morgan fingerprint density at radius 3 is 2.55 bits per heavy atom. The summed E-state index contributed by atoms with van der Waals surface area (Å²) in [5.74, 6) is 0.719. The Hall–Kier alpha value is -0.860. The van der Waals surface area contributed by atoms with Gasteiger partial charge < -0.3 is 10.2 Å². The largest absolute Gasteiger partial charge is 0.312 e. The number of benzene rings is 1. The van der Waals surface area contributed by atoms with Crippen molar-refractivity contribution in [3.63, 3.8) is 0 Å². The van der Waals surface area contributed by atoms with Gasteiger partial charge in [-0.3, -0.25) is 0 Å². The molecule has 0 bridgehead atoms. The van der Waals surface area contributed by atoms with Gasteiger partial charge in [0.2, 0.25) is 0 Å². The molecule has 0 spiro atoms. The van der Waals surface area contributed by atoms with E-state index in [-0.39, 0.29) is 0 Å². The highest BCUT2D eigenvalue weighted by molar-refractivity contribution is 5.22. The molecule has 20 heavy (non-hydrogen) atoms. The molecule has 2 heteroatoms. The molecule has 3 rings (SSSR count). The number of rotatable bonds is 6. The Kier molecular flexibility index (Phi) is 4.74. The maximum absolute atomic E-state index is 3.84. The van der Waals surface area contributed by atoms with Crippen molar-refractivity contribution in [1.82, 2.24) is 10.2 Å². The first kappa shape index (κ1) is 14.1. The van der Waals surface area contributed by atoms with Crippen molar-refractivity contribution in [2.24, 2.45) is 0 Å². The third-order valence-corrected chi connectivity index (χ3v) is 5.03. The van der Waals surface area contributed by atoms with E-state index in [1.165, 1.54) is 50.6 Å². The molecule has 0 amide bonds. The van der Waals surface area contributed by atoms with E-state index < -0.39 is 0 Å². The van der Waals surface area contributed by atoms with E-state index in [1.54, 1.807) is 0 Å². The molecule has 1 aromatic carbocycles. The van der Waals surface area contributed by atoms with E-state index in [1.807, 2.05) is 0 Å². The molecule has 2 saturated carbocycles. The zero-order valence-corrected chi connectivity index (χ0v) is 12.7. The molecule has 2 unspecified atom stereocenters. The third kappa shape index (κ3) is 3.62. The zero-order chi connectivity index (χ0) is 13.8. The van der Waals surface area contributed by atoms with Crippen molar-refractivity contribution in [2.75, 3.05) is 20.1 Å². The number of hydrogen-bond donors (Lipinski definition) is 1. The second-order valence-electron chi connectivity index (χ2n) is 6.57. The van der Waals surface area contributed by atoms with Gasteiger partial charge in [0.25, 0.3) is 0 Å². The van der Waals surface area contributed by atoms with Crippen LogP contribution in [0.25, 0.3) is 0 Å². The average molecular weight is 272 g/mol. The summed E-state index contributed by atoms with van der Waals surface area (Å²) in [5, 5.41) is 3.84. The maximum Gasteiger partial charge on any atom is 0.0136 e. The first-order valence-electron chi connectivity index (χ1n) is 8.33. The molecule has 2 atom stereocenters. The van der Waals surface area contributed by atoms with Gasteiger partial charge in [0, 0.05) is 25.2 Å². The van der Waals surface area contributed by atoms with Crippen molar-refractivity contribution >= 4 is 0 Å². The fraction of sp³-hybridized carbons (Fsp3) is 0.667. The van der Waals surface area contributed by atoms with Gasteiger partial charge in [0.05, 0.1) is 0 Å². The number of likely N-dealkylation sites (N-methyl/N-ethyl adjacent to an activating group) is 1. The molecule has 1 N–H and O–H groups in total. The third-order valence-electron chi connectivity index (χ3n) is 5.03. The summed E-state index contributed by atoms with van der Waals surface area (Å²) < 4.78 is 0. The molecular formula is C18H28N2. The summed E-state index contributed by atoms with van der Waals surface area (Å²) >= 11 is 0. The van der Waals surface area contributed by atoms with Gasteiger partial charge in [-0.05, 0) is 44.2 Å². The van der Waals surface area contributed by atoms with Crippen LogP contribution in [0, 0.1) is 0 Å². The molecule has 0 aliphatic heterocycles. The summed E-state index contributed by atoms with van der Waals surface area (Å²) in [6.45, 7) is 2.34. The van der Waals surface area contributed by atoms with Crippen LogP contribution in [-0.2, 0) is 0 Å². The van der Waals surface area contributed by atoms with Crippen LogP contribution >= 0.6 is 0 Å². The monoisotopic (exact) mass is 272 g/mol. The molecule has 2 aliphatic rings. The van der Waals surface area contributed by atoms with Crippen LogP contribution in [0.2, 0.25) is 0 Å². The summed E-state index contributed by atoms with van der Waals surface area (Å²) in [4.78, 5) is 2.52. The molecule has 2 fully saturated rings. The molecule has 0 saturated heterocycles. The van der Waals surface area contributed by atoms with Gasteiger partial charge in [-0.1, -0.05) is 43.2 Å². The average Bonchev–Trinajstić information content (AvgIpc) is 3.33. The maximum atomic E-state index is 3.84. The molecule has 0 aromatic heterocycles. The molecule has 110 valence electrons. The second-order valence-corrected chi connectivity index (χ2v) is 6.57. The van der Waals surface area contributed by atoms with Gasteiger partial charge >= 0.3 is 0 Å². The standard InChI is InChI=1S/C18H28N2/c1-20(16-11-12-16)14-13-19-18-10-6-5-9-17(18)15-7-3-2-4-8-15/h2-4,7-8,16-19H,5-6,9-14H2,1H3. The van der Waals surface area contributed by atoms with Gasteiger partial charge in [-0.15, -0.1) is 0 Å². The van der Waals surface area contributed by atoms with Gasteiger partial charge in [0.15, 0.2) is 0 Å². The van der Waals surface area contributed by atoms with Crippen LogP contribution in [0.15, 0.2) is 30.3 Å². The number of nitrogens with zero attached hydrogens (tertiary/aromatic N) is 1. The van der Waals surface area contributed by atoms with Gasteiger partial charge in [0.1, 0.15) is 0 Å². The Labute approximate surface area is 123 Å². The van der Waals surface area contributed by atoms with E-state index in [0.717, 1.165) is 18.5 Å². The SMILES string of the molecule is CN(CCNC1CCCCC1c1ccccc1)C1CC1. The summed E-state index contributed by atoms with van der Waals surface area (Å²) in [6, 6.07) is 12.7. The van der Waals surface area contributed by atoms with E-state index in [0.29, 0.717) is 6.04 Å². The lowest BCUT2D eigenvalue weighted by Crippen LogP contribution is -2.41. The fourth-order valence-corrected chi connectivity index (χ4v) is 3.60. The van der Waals surface area contributed by atoms with Gasteiger partial charge in [-0.25, -0.2) is 0 Å². The smallest absolute Gasteiger partial charge is 0.0136 e. The lowest BCUT2D eigenvalue weighted by atomic mass is 9.80. The molecular weight excluding hydrogens is 244 g/mol. The van der Waals surface area contributed by atoms with E-state index >= 15 is 0 Å². The van der Waals surface area contributed by atoms with E-state index in [2.05, 4.69) is 47.6 Å². The first-order valence-corrected chi connectivity index (χ1v) is 8.33. The molecule has 0 heterocycles. The van der Waals surface area contributed by atoms with Crippen molar-refractivity contribution in [2.45, 2.75) is 56.5 Å². The molecule has 0 radical (unpaired) electrons.